The highest BCUT2D eigenvalue weighted by atomic mass is 16.5. The average Bonchev–Trinajstić information content (AvgIpc) is 3.19. The second kappa shape index (κ2) is 5.47. The van der Waals surface area contributed by atoms with E-state index in [4.69, 9.17) is 4.74 Å². The van der Waals surface area contributed by atoms with Crippen molar-refractivity contribution in [3.8, 4) is 5.88 Å². The Morgan fingerprint density at radius 3 is 3.06 bits per heavy atom. The zero-order valence-electron chi connectivity index (χ0n) is 9.77. The summed E-state index contributed by atoms with van der Waals surface area (Å²) < 4.78 is 4.98. The van der Waals surface area contributed by atoms with E-state index in [9.17, 15) is 4.79 Å². The van der Waals surface area contributed by atoms with Gasteiger partial charge < -0.3 is 15.4 Å². The summed E-state index contributed by atoms with van der Waals surface area (Å²) in [6.45, 7) is 1.18. The molecule has 0 radical (unpaired) electrons. The van der Waals surface area contributed by atoms with Gasteiger partial charge in [0.1, 0.15) is 0 Å². The molecule has 0 unspecified atom stereocenters. The van der Waals surface area contributed by atoms with E-state index in [-0.39, 0.29) is 11.8 Å². The maximum Gasteiger partial charge on any atom is 0.226 e. The smallest absolute Gasteiger partial charge is 0.226 e. The summed E-state index contributed by atoms with van der Waals surface area (Å²) in [5.74, 6) is 1.43. The number of rotatable bonds is 6. The molecule has 2 rings (SSSR count). The normalized spacial score (nSPS) is 14.2. The number of aromatic nitrogens is 2. The van der Waals surface area contributed by atoms with Crippen LogP contribution in [0.5, 0.6) is 5.88 Å². The fraction of sp³-hybridized carbons (Fsp3) is 0.545. The lowest BCUT2D eigenvalue weighted by Gasteiger charge is -2.06. The summed E-state index contributed by atoms with van der Waals surface area (Å²) in [5.41, 5.74) is 0. The van der Waals surface area contributed by atoms with Crippen molar-refractivity contribution >= 4 is 11.9 Å². The first-order valence-electron chi connectivity index (χ1n) is 5.68. The molecule has 1 saturated carbocycles. The Balaban J connectivity index is 1.68. The molecule has 1 aliphatic rings. The number of hydrogen-bond acceptors (Lipinski definition) is 5. The number of carbonyl (C=O) groups excluding carboxylic acids is 1. The molecule has 0 bridgehead atoms. The third-order valence-electron chi connectivity index (χ3n) is 2.49. The summed E-state index contributed by atoms with van der Waals surface area (Å²) >= 11 is 0. The van der Waals surface area contributed by atoms with Gasteiger partial charge in [0.2, 0.25) is 17.7 Å². The van der Waals surface area contributed by atoms with Crippen LogP contribution in [0.4, 0.5) is 5.95 Å². The molecule has 6 heteroatoms. The molecule has 0 saturated heterocycles. The SMILES string of the molecule is COc1ccnc(NCCNC(=O)C2CC2)n1. The van der Waals surface area contributed by atoms with E-state index < -0.39 is 0 Å². The highest BCUT2D eigenvalue weighted by Gasteiger charge is 2.28. The van der Waals surface area contributed by atoms with Gasteiger partial charge >= 0.3 is 0 Å². The maximum absolute atomic E-state index is 11.3. The number of hydrogen-bond donors (Lipinski definition) is 2. The molecule has 1 aromatic rings. The molecule has 1 heterocycles. The van der Waals surface area contributed by atoms with Crippen molar-refractivity contribution in [2.24, 2.45) is 5.92 Å². The molecule has 0 spiro atoms. The zero-order chi connectivity index (χ0) is 12.1. The van der Waals surface area contributed by atoms with Crippen LogP contribution in [-0.4, -0.2) is 36.1 Å². The number of carbonyl (C=O) groups is 1. The largest absolute Gasteiger partial charge is 0.481 e. The first kappa shape index (κ1) is 11.6. The fourth-order valence-electron chi connectivity index (χ4n) is 1.39. The standard InChI is InChI=1S/C11H16N4O2/c1-17-9-4-5-13-11(15-9)14-7-6-12-10(16)8-2-3-8/h4-5,8H,2-3,6-7H2,1H3,(H,12,16)(H,13,14,15). The van der Waals surface area contributed by atoms with Gasteiger partial charge in [0.05, 0.1) is 7.11 Å². The molecule has 0 aliphatic heterocycles. The molecule has 0 aromatic carbocycles. The number of methoxy groups -OCH3 is 1. The van der Waals surface area contributed by atoms with Gasteiger partial charge in [-0.15, -0.1) is 0 Å². The Bertz CT molecular complexity index is 393. The Kier molecular flexibility index (Phi) is 3.74. The predicted octanol–water partition coefficient (Wildman–Crippen LogP) is 0.423. The van der Waals surface area contributed by atoms with E-state index in [1.807, 2.05) is 0 Å². The van der Waals surface area contributed by atoms with Crippen molar-refractivity contribution in [3.63, 3.8) is 0 Å². The molecule has 1 aliphatic carbocycles. The second-order valence-corrected chi connectivity index (χ2v) is 3.91. The lowest BCUT2D eigenvalue weighted by atomic mass is 10.4. The average molecular weight is 236 g/mol. The minimum Gasteiger partial charge on any atom is -0.481 e. The summed E-state index contributed by atoms with van der Waals surface area (Å²) in [6, 6.07) is 1.68. The van der Waals surface area contributed by atoms with E-state index in [0.29, 0.717) is 24.9 Å². The number of anilines is 1. The van der Waals surface area contributed by atoms with Gasteiger partial charge in [-0.2, -0.15) is 4.98 Å². The molecular weight excluding hydrogens is 220 g/mol. The summed E-state index contributed by atoms with van der Waals surface area (Å²) in [6.07, 6.45) is 3.67. The van der Waals surface area contributed by atoms with E-state index in [1.165, 1.54) is 0 Å². The van der Waals surface area contributed by atoms with Crippen molar-refractivity contribution in [1.29, 1.82) is 0 Å². The molecular formula is C11H16N4O2. The molecule has 1 fully saturated rings. The van der Waals surface area contributed by atoms with Crippen LogP contribution < -0.4 is 15.4 Å². The van der Waals surface area contributed by atoms with E-state index in [1.54, 1.807) is 19.4 Å². The zero-order valence-corrected chi connectivity index (χ0v) is 9.77. The quantitative estimate of drug-likeness (QED) is 0.700. The minimum absolute atomic E-state index is 0.151. The van der Waals surface area contributed by atoms with Gasteiger partial charge in [0.15, 0.2) is 0 Å². The third kappa shape index (κ3) is 3.58. The summed E-state index contributed by atoms with van der Waals surface area (Å²) in [7, 11) is 1.56. The number of nitrogens with one attached hydrogen (secondary N) is 2. The van der Waals surface area contributed by atoms with Gasteiger partial charge in [0.25, 0.3) is 0 Å². The summed E-state index contributed by atoms with van der Waals surface area (Å²) in [5, 5.41) is 5.87. The number of ether oxygens (including phenoxy) is 1. The number of amides is 1. The molecule has 17 heavy (non-hydrogen) atoms. The summed E-state index contributed by atoms with van der Waals surface area (Å²) in [4.78, 5) is 19.5. The van der Waals surface area contributed by atoms with Crippen LogP contribution in [-0.2, 0) is 4.79 Å². The first-order valence-corrected chi connectivity index (χ1v) is 5.68. The van der Waals surface area contributed by atoms with Gasteiger partial charge in [-0.25, -0.2) is 4.98 Å². The predicted molar refractivity (Wildman–Crippen MR) is 62.8 cm³/mol. The van der Waals surface area contributed by atoms with Crippen LogP contribution in [0.2, 0.25) is 0 Å². The van der Waals surface area contributed by atoms with Crippen molar-refractivity contribution in [2.45, 2.75) is 12.8 Å². The highest BCUT2D eigenvalue weighted by molar-refractivity contribution is 5.80. The lowest BCUT2D eigenvalue weighted by Crippen LogP contribution is -2.30. The molecule has 1 amide bonds. The van der Waals surface area contributed by atoms with Crippen molar-refractivity contribution < 1.29 is 9.53 Å². The molecule has 2 N–H and O–H groups in total. The lowest BCUT2D eigenvalue weighted by molar-refractivity contribution is -0.122. The Morgan fingerprint density at radius 1 is 1.53 bits per heavy atom. The Morgan fingerprint density at radius 2 is 2.35 bits per heavy atom. The van der Waals surface area contributed by atoms with Gasteiger partial charge in [-0.1, -0.05) is 0 Å². The number of nitrogens with zero attached hydrogens (tertiary/aromatic N) is 2. The van der Waals surface area contributed by atoms with Crippen LogP contribution in [0.15, 0.2) is 12.3 Å². The van der Waals surface area contributed by atoms with E-state index in [0.717, 1.165) is 12.8 Å². The van der Waals surface area contributed by atoms with E-state index >= 15 is 0 Å². The molecule has 0 atom stereocenters. The van der Waals surface area contributed by atoms with Crippen molar-refractivity contribution in [2.75, 3.05) is 25.5 Å². The molecule has 6 nitrogen and oxygen atoms in total. The van der Waals surface area contributed by atoms with Gasteiger partial charge in [0, 0.05) is 31.3 Å². The fourth-order valence-corrected chi connectivity index (χ4v) is 1.39. The maximum atomic E-state index is 11.3. The monoisotopic (exact) mass is 236 g/mol. The third-order valence-corrected chi connectivity index (χ3v) is 2.49. The second-order valence-electron chi connectivity index (χ2n) is 3.91. The van der Waals surface area contributed by atoms with Crippen LogP contribution >= 0.6 is 0 Å². The Hall–Kier alpha value is -1.85. The van der Waals surface area contributed by atoms with Gasteiger partial charge in [-0.3, -0.25) is 4.79 Å². The van der Waals surface area contributed by atoms with Crippen LogP contribution in [0.3, 0.4) is 0 Å². The highest BCUT2D eigenvalue weighted by Crippen LogP contribution is 2.28. The van der Waals surface area contributed by atoms with E-state index in [2.05, 4.69) is 20.6 Å². The topological polar surface area (TPSA) is 76.1 Å². The van der Waals surface area contributed by atoms with Gasteiger partial charge in [-0.05, 0) is 12.8 Å². The molecule has 1 aromatic heterocycles. The van der Waals surface area contributed by atoms with Crippen molar-refractivity contribution in [1.82, 2.24) is 15.3 Å². The first-order chi connectivity index (χ1) is 8.29. The van der Waals surface area contributed by atoms with Crippen LogP contribution in [0.1, 0.15) is 12.8 Å². The van der Waals surface area contributed by atoms with Crippen molar-refractivity contribution in [3.05, 3.63) is 12.3 Å². The Labute approximate surface area is 99.8 Å². The van der Waals surface area contributed by atoms with Crippen LogP contribution in [0.25, 0.3) is 0 Å². The van der Waals surface area contributed by atoms with Crippen LogP contribution in [0, 0.1) is 5.92 Å². The minimum atomic E-state index is 0.151. The molecule has 92 valence electrons.